The summed E-state index contributed by atoms with van der Waals surface area (Å²) in [5.41, 5.74) is -0.243. The first kappa shape index (κ1) is 32.7. The zero-order valence-electron chi connectivity index (χ0n) is 26.6. The molecule has 1 spiro atoms. The van der Waals surface area contributed by atoms with Gasteiger partial charge in [-0.15, -0.1) is 13.2 Å². The van der Waals surface area contributed by atoms with Crippen molar-refractivity contribution in [1.82, 2.24) is 9.80 Å². The second-order valence-corrected chi connectivity index (χ2v) is 12.1. The molecule has 3 amide bonds. The molecule has 0 radical (unpaired) electrons. The van der Waals surface area contributed by atoms with Gasteiger partial charge in [-0.25, -0.2) is 0 Å². The van der Waals surface area contributed by atoms with Crippen LogP contribution in [0, 0.1) is 11.8 Å². The lowest BCUT2D eigenvalue weighted by atomic mass is 9.64. The van der Waals surface area contributed by atoms with E-state index in [-0.39, 0.29) is 30.9 Å². The predicted molar refractivity (Wildman–Crippen MR) is 170 cm³/mol. The molecule has 0 aliphatic carbocycles. The third-order valence-corrected chi connectivity index (χ3v) is 9.88. The number of hydrogen-bond donors (Lipinski definition) is 1. The maximum atomic E-state index is 14.8. The van der Waals surface area contributed by atoms with E-state index in [1.54, 1.807) is 28.9 Å². The number of carbonyl (C=O) groups excluding carboxylic acids is 3. The quantitative estimate of drug-likeness (QED) is 0.309. The molecule has 1 aromatic carbocycles. The minimum absolute atomic E-state index is 0.122. The number of nitrogens with zero attached hydrogens (tertiary/aromatic N) is 4. The molecule has 0 aromatic heterocycles. The molecule has 3 aliphatic rings. The first-order valence-corrected chi connectivity index (χ1v) is 15.9. The molecule has 3 fully saturated rings. The molecule has 43 heavy (non-hydrogen) atoms. The Morgan fingerprint density at radius 1 is 1.05 bits per heavy atom. The minimum atomic E-state index is -1.17. The Kier molecular flexibility index (Phi) is 10.1. The van der Waals surface area contributed by atoms with E-state index in [1.165, 1.54) is 4.90 Å². The maximum absolute atomic E-state index is 14.8. The van der Waals surface area contributed by atoms with Crippen LogP contribution in [0.25, 0.3) is 0 Å². The Morgan fingerprint density at radius 3 is 2.21 bits per heavy atom. The summed E-state index contributed by atoms with van der Waals surface area (Å²) in [4.78, 5) is 50.6. The van der Waals surface area contributed by atoms with Gasteiger partial charge in [0.1, 0.15) is 11.6 Å². The average Bonchev–Trinajstić information content (AvgIpc) is 3.63. The number of aliphatic hydroxyl groups excluding tert-OH is 1. The van der Waals surface area contributed by atoms with Crippen molar-refractivity contribution in [3.05, 3.63) is 49.6 Å². The Labute approximate surface area is 257 Å². The molecule has 0 saturated carbocycles. The third-order valence-electron chi connectivity index (χ3n) is 9.88. The fourth-order valence-electron chi connectivity index (χ4n) is 7.82. The van der Waals surface area contributed by atoms with Gasteiger partial charge in [-0.05, 0) is 70.7 Å². The van der Waals surface area contributed by atoms with Crippen LogP contribution in [0.4, 0.5) is 11.4 Å². The Morgan fingerprint density at radius 2 is 1.67 bits per heavy atom. The van der Waals surface area contributed by atoms with Crippen molar-refractivity contribution < 1.29 is 24.2 Å². The summed E-state index contributed by atoms with van der Waals surface area (Å²) in [5, 5.41) is 10.3. The van der Waals surface area contributed by atoms with Crippen molar-refractivity contribution in [3.63, 3.8) is 0 Å². The molecule has 9 nitrogen and oxygen atoms in total. The average molecular weight is 595 g/mol. The molecule has 3 heterocycles. The molecule has 1 aromatic rings. The van der Waals surface area contributed by atoms with Gasteiger partial charge < -0.3 is 29.4 Å². The molecule has 2 unspecified atom stereocenters. The number of hydrogen-bond acceptors (Lipinski definition) is 6. The molecule has 3 saturated heterocycles. The largest absolute Gasteiger partial charge is 0.394 e. The Balaban J connectivity index is 1.80. The van der Waals surface area contributed by atoms with Crippen LogP contribution in [0.1, 0.15) is 60.3 Å². The monoisotopic (exact) mass is 594 g/mol. The van der Waals surface area contributed by atoms with Gasteiger partial charge in [-0.1, -0.05) is 26.0 Å². The van der Waals surface area contributed by atoms with Crippen LogP contribution in [-0.2, 0) is 19.1 Å². The zero-order chi connectivity index (χ0) is 31.5. The summed E-state index contributed by atoms with van der Waals surface area (Å²) >= 11 is 0. The van der Waals surface area contributed by atoms with Gasteiger partial charge in [0.25, 0.3) is 5.91 Å². The standard InChI is InChI=1S/C34H50N4O5/c1-8-20-36(21-9-2)30(40)27-28-31(41)38(24(7)23-39)29(34(28)19-18-33(27,11-4)43-34)32(42)37(22-10-3)26-16-14-25(15-17-26)35(12-5)13-6/h8,10,14-17,24,27-29,39H,1,3,9,11-13,18-23H2,2,4-7H3/t24-,27+,28+,29?,33-,34?/m1/s1. The lowest BCUT2D eigenvalue weighted by molar-refractivity contribution is -0.153. The number of aliphatic hydroxyl groups is 1. The van der Waals surface area contributed by atoms with Gasteiger partial charge in [-0.3, -0.25) is 14.4 Å². The van der Waals surface area contributed by atoms with E-state index in [1.807, 2.05) is 38.1 Å². The number of amides is 3. The molecule has 6 atom stereocenters. The Bertz CT molecular complexity index is 1200. The molecule has 2 bridgehead atoms. The van der Waals surface area contributed by atoms with Crippen LogP contribution in [0.5, 0.6) is 0 Å². The number of anilines is 2. The highest BCUT2D eigenvalue weighted by molar-refractivity contribution is 6.05. The van der Waals surface area contributed by atoms with Gasteiger partial charge in [0, 0.05) is 44.1 Å². The Hall–Kier alpha value is -3.17. The number of likely N-dealkylation sites (tertiary alicyclic amines) is 1. The molecule has 9 heteroatoms. The first-order chi connectivity index (χ1) is 20.6. The minimum Gasteiger partial charge on any atom is -0.394 e. The second kappa shape index (κ2) is 13.2. The topological polar surface area (TPSA) is 93.6 Å². The first-order valence-electron chi connectivity index (χ1n) is 15.9. The van der Waals surface area contributed by atoms with Gasteiger partial charge in [0.2, 0.25) is 11.8 Å². The van der Waals surface area contributed by atoms with Crippen molar-refractivity contribution in [3.8, 4) is 0 Å². The number of benzene rings is 1. The summed E-state index contributed by atoms with van der Waals surface area (Å²) in [6.07, 6.45) is 5.79. The SMILES string of the molecule is C=CCN(CCC)C(=O)[C@@H]1[C@H]2C(=O)N([C@H](C)CO)C(C(=O)N(CC=C)c3ccc(N(CC)CC)cc3)C23CC[C@@]1(CC)O3. The van der Waals surface area contributed by atoms with Gasteiger partial charge >= 0.3 is 0 Å². The van der Waals surface area contributed by atoms with E-state index in [0.29, 0.717) is 38.0 Å². The fourth-order valence-corrected chi connectivity index (χ4v) is 7.82. The molecular weight excluding hydrogens is 544 g/mol. The van der Waals surface area contributed by atoms with Gasteiger partial charge in [0.05, 0.1) is 30.1 Å². The molecule has 3 aliphatic heterocycles. The van der Waals surface area contributed by atoms with E-state index >= 15 is 0 Å². The van der Waals surface area contributed by atoms with Crippen LogP contribution in [0.15, 0.2) is 49.6 Å². The van der Waals surface area contributed by atoms with E-state index in [4.69, 9.17) is 4.74 Å². The van der Waals surface area contributed by atoms with E-state index < -0.39 is 35.1 Å². The van der Waals surface area contributed by atoms with Crippen molar-refractivity contribution in [2.45, 2.75) is 83.6 Å². The highest BCUT2D eigenvalue weighted by Gasteiger charge is 2.79. The van der Waals surface area contributed by atoms with Crippen LogP contribution < -0.4 is 9.80 Å². The highest BCUT2D eigenvalue weighted by atomic mass is 16.5. The fraction of sp³-hybridized carbons (Fsp3) is 0.618. The van der Waals surface area contributed by atoms with Crippen molar-refractivity contribution in [2.24, 2.45) is 11.8 Å². The lowest BCUT2D eigenvalue weighted by Gasteiger charge is -2.38. The van der Waals surface area contributed by atoms with Crippen molar-refractivity contribution in [1.29, 1.82) is 0 Å². The van der Waals surface area contributed by atoms with Crippen LogP contribution in [0.2, 0.25) is 0 Å². The number of fused-ring (bicyclic) bond motifs is 1. The molecule has 4 rings (SSSR count). The summed E-state index contributed by atoms with van der Waals surface area (Å²) in [5.74, 6) is -2.22. The third kappa shape index (κ3) is 5.29. The van der Waals surface area contributed by atoms with Crippen LogP contribution in [-0.4, -0.2) is 95.2 Å². The van der Waals surface area contributed by atoms with E-state index in [9.17, 15) is 19.5 Å². The predicted octanol–water partition coefficient (Wildman–Crippen LogP) is 4.01. The lowest BCUT2D eigenvalue weighted by Crippen LogP contribution is -2.58. The van der Waals surface area contributed by atoms with Gasteiger partial charge in [-0.2, -0.15) is 0 Å². The summed E-state index contributed by atoms with van der Waals surface area (Å²) in [7, 11) is 0. The summed E-state index contributed by atoms with van der Waals surface area (Å²) in [6, 6.07) is 6.23. The summed E-state index contributed by atoms with van der Waals surface area (Å²) < 4.78 is 6.94. The van der Waals surface area contributed by atoms with Crippen LogP contribution in [0.3, 0.4) is 0 Å². The summed E-state index contributed by atoms with van der Waals surface area (Å²) in [6.45, 7) is 20.3. The number of rotatable bonds is 15. The smallest absolute Gasteiger partial charge is 0.253 e. The van der Waals surface area contributed by atoms with E-state index in [0.717, 1.165) is 25.2 Å². The normalized spacial score (nSPS) is 28.0. The van der Waals surface area contributed by atoms with Crippen molar-refractivity contribution >= 4 is 29.1 Å². The zero-order valence-corrected chi connectivity index (χ0v) is 26.6. The number of carbonyl (C=O) groups is 3. The maximum Gasteiger partial charge on any atom is 0.253 e. The highest BCUT2D eigenvalue weighted by Crippen LogP contribution is 2.65. The second-order valence-electron chi connectivity index (χ2n) is 12.1. The molecule has 236 valence electrons. The van der Waals surface area contributed by atoms with E-state index in [2.05, 4.69) is 31.9 Å². The molecular formula is C34H50N4O5. The van der Waals surface area contributed by atoms with Crippen molar-refractivity contribution in [2.75, 3.05) is 49.1 Å². The molecule has 1 N–H and O–H groups in total. The van der Waals surface area contributed by atoms with Gasteiger partial charge in [0.15, 0.2) is 0 Å². The van der Waals surface area contributed by atoms with Crippen LogP contribution >= 0.6 is 0 Å². The number of ether oxygens (including phenoxy) is 1.